The van der Waals surface area contributed by atoms with E-state index in [9.17, 15) is 0 Å². The molecule has 6 rings (SSSR count). The Balaban J connectivity index is 1.18. The van der Waals surface area contributed by atoms with Crippen LogP contribution in [0.2, 0.25) is 0 Å². The monoisotopic (exact) mass is 501 g/mol. The van der Waals surface area contributed by atoms with Gasteiger partial charge in [-0.05, 0) is 93.7 Å². The zero-order valence-electron chi connectivity index (χ0n) is 21.7. The van der Waals surface area contributed by atoms with Gasteiger partial charge in [0.15, 0.2) is 5.11 Å². The van der Waals surface area contributed by atoms with Crippen molar-refractivity contribution < 1.29 is 0 Å². The smallest absolute Gasteiger partial charge is 0.168 e. The Labute approximate surface area is 220 Å². The summed E-state index contributed by atoms with van der Waals surface area (Å²) in [6.45, 7) is 5.47. The molecule has 3 fully saturated rings. The zero-order valence-corrected chi connectivity index (χ0v) is 22.5. The van der Waals surface area contributed by atoms with Crippen molar-refractivity contribution in [3.05, 3.63) is 66.0 Å². The van der Waals surface area contributed by atoms with Gasteiger partial charge in [-0.25, -0.2) is 4.98 Å². The number of aromatic nitrogens is 2. The lowest BCUT2D eigenvalue weighted by molar-refractivity contribution is 0.0888. The second kappa shape index (κ2) is 9.79. The highest BCUT2D eigenvalue weighted by atomic mass is 32.1. The minimum absolute atomic E-state index is 0.245. The van der Waals surface area contributed by atoms with Gasteiger partial charge >= 0.3 is 0 Å². The van der Waals surface area contributed by atoms with Crippen molar-refractivity contribution in [3.8, 4) is 0 Å². The summed E-state index contributed by atoms with van der Waals surface area (Å²) in [5.41, 5.74) is 4.21. The number of nitrogens with one attached hydrogen (secondary N) is 1. The minimum Gasteiger partial charge on any atom is -0.366 e. The van der Waals surface area contributed by atoms with E-state index >= 15 is 0 Å². The van der Waals surface area contributed by atoms with Gasteiger partial charge in [-0.15, -0.1) is 0 Å². The zero-order chi connectivity index (χ0) is 24.7. The molecular formula is C30H39N5S. The summed E-state index contributed by atoms with van der Waals surface area (Å²) in [5, 5.41) is 4.07. The SMILES string of the molecule is CNC(=S)N1CCC(CCN2C3CC[C@@H]2CC(n2c(C)nc4ccccc42)C3)(c2ccccc2)CC1. The van der Waals surface area contributed by atoms with E-state index in [0.29, 0.717) is 18.1 Å². The normalized spacial score (nSPS) is 25.8. The first-order valence-corrected chi connectivity index (χ1v) is 14.2. The maximum atomic E-state index is 5.56. The highest BCUT2D eigenvalue weighted by molar-refractivity contribution is 7.80. The van der Waals surface area contributed by atoms with E-state index in [1.807, 2.05) is 7.05 Å². The van der Waals surface area contributed by atoms with Crippen LogP contribution in [0.5, 0.6) is 0 Å². The van der Waals surface area contributed by atoms with E-state index in [2.05, 4.69) is 81.2 Å². The van der Waals surface area contributed by atoms with Crippen molar-refractivity contribution in [1.29, 1.82) is 0 Å². The van der Waals surface area contributed by atoms with Gasteiger partial charge in [0.1, 0.15) is 5.82 Å². The van der Waals surface area contributed by atoms with Gasteiger partial charge in [0.2, 0.25) is 0 Å². The van der Waals surface area contributed by atoms with E-state index in [0.717, 1.165) is 23.7 Å². The Kier molecular flexibility index (Phi) is 6.51. The third kappa shape index (κ3) is 4.22. The second-order valence-corrected chi connectivity index (χ2v) is 11.6. The Bertz CT molecular complexity index is 1200. The van der Waals surface area contributed by atoms with E-state index < -0.39 is 0 Å². The molecule has 1 N–H and O–H groups in total. The molecule has 3 aliphatic rings. The molecule has 0 amide bonds. The summed E-state index contributed by atoms with van der Waals surface area (Å²) in [6, 6.07) is 21.9. The van der Waals surface area contributed by atoms with Crippen LogP contribution >= 0.6 is 12.2 Å². The molecule has 5 nitrogen and oxygen atoms in total. The van der Waals surface area contributed by atoms with Gasteiger partial charge in [-0.1, -0.05) is 42.5 Å². The topological polar surface area (TPSA) is 36.3 Å². The maximum Gasteiger partial charge on any atom is 0.168 e. The number of thiocarbonyl (C=S) groups is 1. The fraction of sp³-hybridized carbons (Fsp3) is 0.533. The maximum absolute atomic E-state index is 5.56. The van der Waals surface area contributed by atoms with Crippen LogP contribution in [-0.4, -0.2) is 63.2 Å². The Morgan fingerprint density at radius 1 is 0.972 bits per heavy atom. The van der Waals surface area contributed by atoms with Gasteiger partial charge < -0.3 is 14.8 Å². The van der Waals surface area contributed by atoms with E-state index in [1.165, 1.54) is 68.4 Å². The summed E-state index contributed by atoms with van der Waals surface area (Å²) >= 11 is 5.56. The van der Waals surface area contributed by atoms with Crippen LogP contribution < -0.4 is 5.32 Å². The average molecular weight is 502 g/mol. The summed E-state index contributed by atoms with van der Waals surface area (Å²) in [6.07, 6.45) is 8.77. The van der Waals surface area contributed by atoms with Crippen LogP contribution in [0.1, 0.15) is 62.4 Å². The van der Waals surface area contributed by atoms with Crippen LogP contribution in [-0.2, 0) is 5.41 Å². The van der Waals surface area contributed by atoms with Crippen molar-refractivity contribution in [1.82, 2.24) is 24.7 Å². The van der Waals surface area contributed by atoms with Crippen molar-refractivity contribution in [2.75, 3.05) is 26.7 Å². The fourth-order valence-electron chi connectivity index (χ4n) is 7.56. The van der Waals surface area contributed by atoms with Crippen molar-refractivity contribution in [2.24, 2.45) is 0 Å². The first kappa shape index (κ1) is 23.9. The highest BCUT2D eigenvalue weighted by Gasteiger charge is 2.44. The van der Waals surface area contributed by atoms with Crippen LogP contribution in [0.25, 0.3) is 11.0 Å². The average Bonchev–Trinajstić information content (AvgIpc) is 3.38. The first-order valence-electron chi connectivity index (χ1n) is 13.8. The number of fused-ring (bicyclic) bond motifs is 3. The molecule has 36 heavy (non-hydrogen) atoms. The molecule has 2 bridgehead atoms. The molecule has 0 spiro atoms. The van der Waals surface area contributed by atoms with Gasteiger partial charge in [-0.3, -0.25) is 4.90 Å². The van der Waals surface area contributed by atoms with E-state index in [1.54, 1.807) is 0 Å². The van der Waals surface area contributed by atoms with E-state index in [4.69, 9.17) is 17.2 Å². The number of likely N-dealkylation sites (tertiary alicyclic amines) is 1. The molecule has 3 aromatic rings. The van der Waals surface area contributed by atoms with Crippen LogP contribution in [0.4, 0.5) is 0 Å². The molecule has 6 heteroatoms. The number of aryl methyl sites for hydroxylation is 1. The lowest BCUT2D eigenvalue weighted by atomic mass is 9.70. The van der Waals surface area contributed by atoms with Crippen molar-refractivity contribution >= 4 is 28.4 Å². The van der Waals surface area contributed by atoms with Crippen LogP contribution in [0, 0.1) is 6.92 Å². The molecule has 4 heterocycles. The lowest BCUT2D eigenvalue weighted by Crippen LogP contribution is -2.50. The third-order valence-electron chi connectivity index (χ3n) is 9.45. The van der Waals surface area contributed by atoms with Crippen LogP contribution in [0.3, 0.4) is 0 Å². The Hall–Kier alpha value is -2.44. The fourth-order valence-corrected chi connectivity index (χ4v) is 7.74. The van der Waals surface area contributed by atoms with E-state index in [-0.39, 0.29) is 5.41 Å². The molecule has 2 aromatic carbocycles. The molecule has 3 aliphatic heterocycles. The van der Waals surface area contributed by atoms with Crippen molar-refractivity contribution in [2.45, 2.75) is 75.4 Å². The summed E-state index contributed by atoms with van der Waals surface area (Å²) in [5.74, 6) is 1.17. The van der Waals surface area contributed by atoms with Gasteiger partial charge in [0.25, 0.3) is 0 Å². The summed E-state index contributed by atoms with van der Waals surface area (Å²) in [7, 11) is 1.94. The Morgan fingerprint density at radius 3 is 2.33 bits per heavy atom. The second-order valence-electron chi connectivity index (χ2n) is 11.2. The molecule has 190 valence electrons. The number of hydrogen-bond acceptors (Lipinski definition) is 3. The molecule has 0 saturated carbocycles. The van der Waals surface area contributed by atoms with Crippen LogP contribution in [0.15, 0.2) is 54.6 Å². The predicted octanol–water partition coefficient (Wildman–Crippen LogP) is 5.44. The molecular weight excluding hydrogens is 462 g/mol. The van der Waals surface area contributed by atoms with Gasteiger partial charge in [0, 0.05) is 38.3 Å². The largest absolute Gasteiger partial charge is 0.366 e. The summed E-state index contributed by atoms with van der Waals surface area (Å²) in [4.78, 5) is 10.1. The molecule has 0 aliphatic carbocycles. The highest BCUT2D eigenvalue weighted by Crippen LogP contribution is 2.45. The van der Waals surface area contributed by atoms with Crippen molar-refractivity contribution in [3.63, 3.8) is 0 Å². The lowest BCUT2D eigenvalue weighted by Gasteiger charge is -2.46. The standard InChI is InChI=1S/C30H39N5S/c1-22-32-27-10-6-7-11-28(27)35(22)26-20-24-12-13-25(21-26)34(24)19-16-30(23-8-4-3-5-9-23)14-17-33(18-15-30)29(36)31-2/h3-11,24-26H,12-21H2,1-2H3,(H,31,36)/t24-,25?,26?/m1/s1. The number of nitrogens with zero attached hydrogens (tertiary/aromatic N) is 4. The number of hydrogen-bond donors (Lipinski definition) is 1. The number of piperidine rings is 2. The third-order valence-corrected chi connectivity index (χ3v) is 9.92. The summed E-state index contributed by atoms with van der Waals surface area (Å²) < 4.78 is 2.55. The minimum atomic E-state index is 0.245. The number of benzene rings is 2. The molecule has 3 atom stereocenters. The number of imidazole rings is 1. The molecule has 0 radical (unpaired) electrons. The first-order chi connectivity index (χ1) is 17.6. The molecule has 1 aromatic heterocycles. The molecule has 3 saturated heterocycles. The van der Waals surface area contributed by atoms with Gasteiger partial charge in [0.05, 0.1) is 11.0 Å². The quantitative estimate of drug-likeness (QED) is 0.471. The predicted molar refractivity (Wildman–Crippen MR) is 151 cm³/mol. The van der Waals surface area contributed by atoms with Gasteiger partial charge in [-0.2, -0.15) is 0 Å². The molecule has 2 unspecified atom stereocenters. The Morgan fingerprint density at radius 2 is 1.64 bits per heavy atom. The number of rotatable bonds is 5. The number of para-hydroxylation sites is 2.